The number of rotatable bonds is 3. The van der Waals surface area contributed by atoms with Crippen LogP contribution in [0.1, 0.15) is 32.1 Å². The molecule has 2 aliphatic rings. The Bertz CT molecular complexity index is 193. The highest BCUT2D eigenvalue weighted by molar-refractivity contribution is 8.01. The molecule has 1 saturated carbocycles. The molecule has 1 saturated heterocycles. The zero-order chi connectivity index (χ0) is 8.60. The summed E-state index contributed by atoms with van der Waals surface area (Å²) in [4.78, 5) is 11.1. The van der Waals surface area contributed by atoms with Crippen LogP contribution in [-0.2, 0) is 4.79 Å². The minimum atomic E-state index is -0.572. The Hall–Kier alpha value is -0.180. The van der Waals surface area contributed by atoms with Gasteiger partial charge < -0.3 is 5.11 Å². The predicted octanol–water partition coefficient (Wildman–Crippen LogP) is 2.14. The van der Waals surface area contributed by atoms with Gasteiger partial charge in [0, 0.05) is 0 Å². The molecule has 1 heterocycles. The lowest BCUT2D eigenvalue weighted by molar-refractivity contribution is -0.140. The lowest BCUT2D eigenvalue weighted by Crippen LogP contribution is -2.32. The van der Waals surface area contributed by atoms with Gasteiger partial charge >= 0.3 is 5.97 Å². The number of hydrogen-bond donors (Lipinski definition) is 1. The molecule has 0 aromatic carbocycles. The van der Waals surface area contributed by atoms with Gasteiger partial charge in [0.2, 0.25) is 0 Å². The standard InChI is InChI=1S/C9H14O2S/c10-8(11)9(4-1-5-12-9)6-7-2-3-7/h7H,1-6H2,(H,10,11). The first-order valence-electron chi connectivity index (χ1n) is 4.60. The van der Waals surface area contributed by atoms with E-state index in [-0.39, 0.29) is 4.75 Å². The molecule has 1 N–H and O–H groups in total. The summed E-state index contributed by atoms with van der Waals surface area (Å²) in [6.07, 6.45) is 5.42. The second kappa shape index (κ2) is 2.95. The van der Waals surface area contributed by atoms with Crippen molar-refractivity contribution in [2.24, 2.45) is 5.92 Å². The summed E-state index contributed by atoms with van der Waals surface area (Å²) in [5.41, 5.74) is 0. The molecule has 68 valence electrons. The molecule has 2 rings (SSSR count). The van der Waals surface area contributed by atoms with Crippen molar-refractivity contribution in [3.63, 3.8) is 0 Å². The van der Waals surface area contributed by atoms with Crippen molar-refractivity contribution in [2.75, 3.05) is 5.75 Å². The maximum absolute atomic E-state index is 11.1. The Kier molecular flexibility index (Phi) is 2.07. The largest absolute Gasteiger partial charge is 0.480 e. The maximum atomic E-state index is 11.1. The highest BCUT2D eigenvalue weighted by Crippen LogP contribution is 2.48. The molecule has 0 aromatic rings. The molecular weight excluding hydrogens is 172 g/mol. The van der Waals surface area contributed by atoms with Crippen molar-refractivity contribution in [2.45, 2.75) is 36.9 Å². The third-order valence-corrected chi connectivity index (χ3v) is 4.40. The molecular formula is C9H14O2S. The fourth-order valence-electron chi connectivity index (χ4n) is 1.90. The number of carbonyl (C=O) groups is 1. The van der Waals surface area contributed by atoms with Crippen LogP contribution in [0.25, 0.3) is 0 Å². The van der Waals surface area contributed by atoms with Gasteiger partial charge in [0.25, 0.3) is 0 Å². The van der Waals surface area contributed by atoms with Crippen LogP contribution in [-0.4, -0.2) is 21.6 Å². The molecule has 2 fully saturated rings. The summed E-state index contributed by atoms with van der Waals surface area (Å²) >= 11 is 1.67. The molecule has 3 heteroatoms. The second-order valence-electron chi connectivity index (χ2n) is 3.90. The van der Waals surface area contributed by atoms with E-state index in [4.69, 9.17) is 5.11 Å². The lowest BCUT2D eigenvalue weighted by atomic mass is 9.96. The van der Waals surface area contributed by atoms with Crippen molar-refractivity contribution in [1.29, 1.82) is 0 Å². The molecule has 2 nitrogen and oxygen atoms in total. The van der Waals surface area contributed by atoms with Crippen molar-refractivity contribution < 1.29 is 9.90 Å². The number of hydrogen-bond acceptors (Lipinski definition) is 2. The Morgan fingerprint density at radius 2 is 2.33 bits per heavy atom. The number of carboxylic acids is 1. The van der Waals surface area contributed by atoms with Crippen LogP contribution in [0.3, 0.4) is 0 Å². The highest BCUT2D eigenvalue weighted by Gasteiger charge is 2.45. The van der Waals surface area contributed by atoms with E-state index >= 15 is 0 Å². The van der Waals surface area contributed by atoms with Crippen LogP contribution >= 0.6 is 11.8 Å². The number of aliphatic carboxylic acids is 1. The molecule has 0 bridgehead atoms. The minimum Gasteiger partial charge on any atom is -0.480 e. The molecule has 1 aliphatic heterocycles. The zero-order valence-electron chi connectivity index (χ0n) is 7.08. The Labute approximate surface area is 76.7 Å². The van der Waals surface area contributed by atoms with Crippen LogP contribution in [0.5, 0.6) is 0 Å². The van der Waals surface area contributed by atoms with Crippen LogP contribution < -0.4 is 0 Å². The molecule has 0 radical (unpaired) electrons. The number of carboxylic acid groups (broad SMARTS) is 1. The fourth-order valence-corrected chi connectivity index (χ4v) is 3.35. The van der Waals surface area contributed by atoms with E-state index in [9.17, 15) is 4.79 Å². The van der Waals surface area contributed by atoms with Crippen molar-refractivity contribution in [1.82, 2.24) is 0 Å². The van der Waals surface area contributed by atoms with E-state index in [1.165, 1.54) is 12.8 Å². The van der Waals surface area contributed by atoms with E-state index in [1.54, 1.807) is 11.8 Å². The van der Waals surface area contributed by atoms with Crippen LogP contribution in [0.2, 0.25) is 0 Å². The van der Waals surface area contributed by atoms with Gasteiger partial charge in [-0.15, -0.1) is 11.8 Å². The molecule has 1 aliphatic carbocycles. The molecule has 0 amide bonds. The summed E-state index contributed by atoms with van der Waals surface area (Å²) < 4.78 is -0.388. The molecule has 0 aromatic heterocycles. The molecule has 0 spiro atoms. The Morgan fingerprint density at radius 1 is 1.58 bits per heavy atom. The third-order valence-electron chi connectivity index (χ3n) is 2.81. The SMILES string of the molecule is O=C(O)C1(CC2CC2)CCCS1. The lowest BCUT2D eigenvalue weighted by Gasteiger charge is -2.22. The third kappa shape index (κ3) is 1.47. The van der Waals surface area contributed by atoms with Gasteiger partial charge in [-0.25, -0.2) is 0 Å². The van der Waals surface area contributed by atoms with Crippen LogP contribution in [0, 0.1) is 5.92 Å². The van der Waals surface area contributed by atoms with Gasteiger partial charge in [0.05, 0.1) is 0 Å². The Morgan fingerprint density at radius 3 is 2.75 bits per heavy atom. The van der Waals surface area contributed by atoms with E-state index in [2.05, 4.69) is 0 Å². The minimum absolute atomic E-state index is 0.388. The van der Waals surface area contributed by atoms with Crippen molar-refractivity contribution >= 4 is 17.7 Å². The fraction of sp³-hybridized carbons (Fsp3) is 0.889. The van der Waals surface area contributed by atoms with E-state index in [1.807, 2.05) is 0 Å². The summed E-state index contributed by atoms with van der Waals surface area (Å²) in [5.74, 6) is 1.20. The molecule has 12 heavy (non-hydrogen) atoms. The van der Waals surface area contributed by atoms with Gasteiger partial charge in [0.1, 0.15) is 4.75 Å². The summed E-state index contributed by atoms with van der Waals surface area (Å²) in [7, 11) is 0. The average Bonchev–Trinajstić information content (AvgIpc) is 2.66. The summed E-state index contributed by atoms with van der Waals surface area (Å²) in [6, 6.07) is 0. The topological polar surface area (TPSA) is 37.3 Å². The van der Waals surface area contributed by atoms with E-state index in [0.717, 1.165) is 30.9 Å². The molecule has 1 atom stereocenters. The van der Waals surface area contributed by atoms with E-state index in [0.29, 0.717) is 0 Å². The second-order valence-corrected chi connectivity index (χ2v) is 5.38. The van der Waals surface area contributed by atoms with Gasteiger partial charge in [-0.2, -0.15) is 0 Å². The highest BCUT2D eigenvalue weighted by atomic mass is 32.2. The van der Waals surface area contributed by atoms with Gasteiger partial charge in [-0.05, 0) is 30.9 Å². The number of thioether (sulfide) groups is 1. The van der Waals surface area contributed by atoms with Crippen LogP contribution in [0.15, 0.2) is 0 Å². The summed E-state index contributed by atoms with van der Waals surface area (Å²) in [6.45, 7) is 0. The monoisotopic (exact) mass is 186 g/mol. The quantitative estimate of drug-likeness (QED) is 0.733. The predicted molar refractivity (Wildman–Crippen MR) is 49.4 cm³/mol. The van der Waals surface area contributed by atoms with Crippen molar-refractivity contribution in [3.05, 3.63) is 0 Å². The van der Waals surface area contributed by atoms with Crippen molar-refractivity contribution in [3.8, 4) is 0 Å². The van der Waals surface area contributed by atoms with Gasteiger partial charge in [-0.3, -0.25) is 4.79 Å². The average molecular weight is 186 g/mol. The first-order chi connectivity index (χ1) is 5.73. The van der Waals surface area contributed by atoms with Gasteiger partial charge in [-0.1, -0.05) is 12.8 Å². The van der Waals surface area contributed by atoms with Gasteiger partial charge in [0.15, 0.2) is 0 Å². The maximum Gasteiger partial charge on any atom is 0.319 e. The normalized spacial score (nSPS) is 35.3. The zero-order valence-corrected chi connectivity index (χ0v) is 7.90. The Balaban J connectivity index is 2.03. The first kappa shape index (κ1) is 8.42. The van der Waals surface area contributed by atoms with E-state index < -0.39 is 5.97 Å². The smallest absolute Gasteiger partial charge is 0.319 e. The summed E-state index contributed by atoms with van der Waals surface area (Å²) in [5, 5.41) is 9.12. The molecule has 1 unspecified atom stereocenters. The first-order valence-corrected chi connectivity index (χ1v) is 5.59. The van der Waals surface area contributed by atoms with Crippen LogP contribution in [0.4, 0.5) is 0 Å².